The van der Waals surface area contributed by atoms with E-state index in [1.807, 2.05) is 20.2 Å². The van der Waals surface area contributed by atoms with Gasteiger partial charge < -0.3 is 19.5 Å². The average Bonchev–Trinajstić information content (AvgIpc) is 2.93. The molecule has 0 spiro atoms. The highest BCUT2D eigenvalue weighted by molar-refractivity contribution is 5.55. The summed E-state index contributed by atoms with van der Waals surface area (Å²) in [6.45, 7) is 2.28. The second-order valence-electron chi connectivity index (χ2n) is 5.47. The van der Waals surface area contributed by atoms with E-state index in [4.69, 9.17) is 9.47 Å². The smallest absolute Gasteiger partial charge is 0.231 e. The van der Waals surface area contributed by atoms with Gasteiger partial charge in [0.2, 0.25) is 6.79 Å². The molecule has 0 amide bonds. The van der Waals surface area contributed by atoms with Crippen molar-refractivity contribution in [1.29, 1.82) is 0 Å². The monoisotopic (exact) mass is 285 g/mol. The first-order valence-electron chi connectivity index (χ1n) is 6.96. The van der Waals surface area contributed by atoms with Crippen LogP contribution in [0.25, 0.3) is 0 Å². The Labute approximate surface area is 124 Å². The van der Waals surface area contributed by atoms with Gasteiger partial charge in [0, 0.05) is 37.3 Å². The van der Waals surface area contributed by atoms with Crippen LogP contribution in [0.5, 0.6) is 17.2 Å². The number of phenolic OH excluding ortho intramolecular Hbond substituents is 1. The highest BCUT2D eigenvalue weighted by atomic mass is 16.7. The van der Waals surface area contributed by atoms with Gasteiger partial charge in [0.25, 0.3) is 0 Å². The van der Waals surface area contributed by atoms with Gasteiger partial charge in [0.05, 0.1) is 0 Å². The van der Waals surface area contributed by atoms with E-state index < -0.39 is 0 Å². The number of aromatic hydroxyl groups is 1. The van der Waals surface area contributed by atoms with E-state index in [2.05, 4.69) is 36.1 Å². The summed E-state index contributed by atoms with van der Waals surface area (Å²) in [5, 5.41) is 10.2. The zero-order valence-electron chi connectivity index (χ0n) is 12.5. The minimum atomic E-state index is 0.0794. The maximum Gasteiger partial charge on any atom is 0.231 e. The van der Waals surface area contributed by atoms with E-state index in [0.29, 0.717) is 11.5 Å². The molecule has 0 radical (unpaired) electrons. The normalized spacial score (nSPS) is 14.0. The molecule has 2 aromatic carbocycles. The van der Waals surface area contributed by atoms with Crippen molar-refractivity contribution in [3.05, 3.63) is 47.5 Å². The Morgan fingerprint density at radius 2 is 1.67 bits per heavy atom. The minimum absolute atomic E-state index is 0.0794. The van der Waals surface area contributed by atoms with Gasteiger partial charge >= 0.3 is 0 Å². The summed E-state index contributed by atoms with van der Waals surface area (Å²) in [7, 11) is 4.03. The van der Waals surface area contributed by atoms with E-state index in [1.165, 1.54) is 0 Å². The fourth-order valence-electron chi connectivity index (χ4n) is 2.53. The van der Waals surface area contributed by atoms with Gasteiger partial charge in [0.15, 0.2) is 11.5 Å². The molecule has 0 aromatic heterocycles. The maximum atomic E-state index is 10.2. The van der Waals surface area contributed by atoms with Crippen molar-refractivity contribution in [2.75, 3.05) is 25.8 Å². The summed E-state index contributed by atoms with van der Waals surface area (Å²) in [6, 6.07) is 11.8. The standard InChI is InChI=1S/C17H19NO3/c1-11(12-4-6-13(7-5-12)18(2)3)14-8-16-17(9-15(14)19)21-10-20-16/h4-9,11,19H,10H2,1-3H3. The minimum Gasteiger partial charge on any atom is -0.508 e. The summed E-state index contributed by atoms with van der Waals surface area (Å²) >= 11 is 0. The fourth-order valence-corrected chi connectivity index (χ4v) is 2.53. The summed E-state index contributed by atoms with van der Waals surface area (Å²) in [5.74, 6) is 1.62. The van der Waals surface area contributed by atoms with Crippen LogP contribution in [-0.4, -0.2) is 26.0 Å². The third-order valence-electron chi connectivity index (χ3n) is 3.90. The molecule has 1 aliphatic rings. The van der Waals surface area contributed by atoms with E-state index in [9.17, 15) is 5.11 Å². The highest BCUT2D eigenvalue weighted by Gasteiger charge is 2.20. The SMILES string of the molecule is CC(c1ccc(N(C)C)cc1)c1cc2c(cc1O)OCO2. The van der Waals surface area contributed by atoms with E-state index >= 15 is 0 Å². The second kappa shape index (κ2) is 5.20. The summed E-state index contributed by atoms with van der Waals surface area (Å²) in [4.78, 5) is 2.06. The number of hydrogen-bond donors (Lipinski definition) is 1. The molecule has 4 nitrogen and oxygen atoms in total. The molecular formula is C17H19NO3. The number of benzene rings is 2. The van der Waals surface area contributed by atoms with Crippen molar-refractivity contribution in [3.8, 4) is 17.2 Å². The molecule has 1 atom stereocenters. The van der Waals surface area contributed by atoms with Crippen LogP contribution in [0.1, 0.15) is 24.0 Å². The summed E-state index contributed by atoms with van der Waals surface area (Å²) in [5.41, 5.74) is 3.15. The van der Waals surface area contributed by atoms with Crippen LogP contribution in [0.3, 0.4) is 0 Å². The average molecular weight is 285 g/mol. The van der Waals surface area contributed by atoms with Crippen LogP contribution in [0, 0.1) is 0 Å². The molecular weight excluding hydrogens is 266 g/mol. The molecule has 110 valence electrons. The zero-order chi connectivity index (χ0) is 15.0. The fraction of sp³-hybridized carbons (Fsp3) is 0.294. The van der Waals surface area contributed by atoms with Crippen molar-refractivity contribution in [1.82, 2.24) is 0 Å². The summed E-state index contributed by atoms with van der Waals surface area (Å²) < 4.78 is 10.7. The van der Waals surface area contributed by atoms with Crippen molar-refractivity contribution in [3.63, 3.8) is 0 Å². The first kappa shape index (κ1) is 13.6. The largest absolute Gasteiger partial charge is 0.508 e. The van der Waals surface area contributed by atoms with Gasteiger partial charge in [-0.05, 0) is 23.8 Å². The lowest BCUT2D eigenvalue weighted by atomic mass is 9.92. The van der Waals surface area contributed by atoms with E-state index in [0.717, 1.165) is 16.8 Å². The van der Waals surface area contributed by atoms with Crippen LogP contribution in [0.4, 0.5) is 5.69 Å². The molecule has 3 rings (SSSR count). The van der Waals surface area contributed by atoms with Gasteiger partial charge in [-0.1, -0.05) is 19.1 Å². The highest BCUT2D eigenvalue weighted by Crippen LogP contribution is 2.41. The van der Waals surface area contributed by atoms with Crippen LogP contribution in [-0.2, 0) is 0 Å². The second-order valence-corrected chi connectivity index (χ2v) is 5.47. The number of phenols is 1. The molecule has 1 aliphatic heterocycles. The van der Waals surface area contributed by atoms with Gasteiger partial charge in [-0.3, -0.25) is 0 Å². The Hall–Kier alpha value is -2.36. The Balaban J connectivity index is 1.93. The number of anilines is 1. The van der Waals surface area contributed by atoms with Crippen molar-refractivity contribution < 1.29 is 14.6 Å². The van der Waals surface area contributed by atoms with Crippen LogP contribution < -0.4 is 14.4 Å². The van der Waals surface area contributed by atoms with Crippen molar-refractivity contribution in [2.24, 2.45) is 0 Å². The Morgan fingerprint density at radius 1 is 1.05 bits per heavy atom. The molecule has 1 N–H and O–H groups in total. The van der Waals surface area contributed by atoms with Gasteiger partial charge in [-0.15, -0.1) is 0 Å². The summed E-state index contributed by atoms with van der Waals surface area (Å²) in [6.07, 6.45) is 0. The van der Waals surface area contributed by atoms with Crippen LogP contribution in [0.2, 0.25) is 0 Å². The van der Waals surface area contributed by atoms with Gasteiger partial charge in [0.1, 0.15) is 5.75 Å². The van der Waals surface area contributed by atoms with Crippen LogP contribution >= 0.6 is 0 Å². The molecule has 0 saturated carbocycles. The number of fused-ring (bicyclic) bond motifs is 1. The Kier molecular flexibility index (Phi) is 3.37. The molecule has 0 saturated heterocycles. The Morgan fingerprint density at radius 3 is 2.29 bits per heavy atom. The van der Waals surface area contributed by atoms with Gasteiger partial charge in [-0.2, -0.15) is 0 Å². The lowest BCUT2D eigenvalue weighted by molar-refractivity contribution is 0.174. The first-order chi connectivity index (χ1) is 10.1. The molecule has 1 heterocycles. The molecule has 0 aliphatic carbocycles. The maximum absolute atomic E-state index is 10.2. The topological polar surface area (TPSA) is 41.9 Å². The molecule has 2 aromatic rings. The third-order valence-corrected chi connectivity index (χ3v) is 3.90. The van der Waals surface area contributed by atoms with Crippen LogP contribution in [0.15, 0.2) is 36.4 Å². The first-order valence-corrected chi connectivity index (χ1v) is 6.96. The molecule has 0 fully saturated rings. The third kappa shape index (κ3) is 2.49. The lowest BCUT2D eigenvalue weighted by Gasteiger charge is -2.17. The zero-order valence-corrected chi connectivity index (χ0v) is 12.5. The van der Waals surface area contributed by atoms with E-state index in [1.54, 1.807) is 6.07 Å². The molecule has 4 heteroatoms. The number of nitrogens with zero attached hydrogens (tertiary/aromatic N) is 1. The number of rotatable bonds is 3. The number of ether oxygens (including phenoxy) is 2. The molecule has 21 heavy (non-hydrogen) atoms. The predicted octanol–water partition coefficient (Wildman–Crippen LogP) is 3.34. The van der Waals surface area contributed by atoms with Gasteiger partial charge in [-0.25, -0.2) is 0 Å². The van der Waals surface area contributed by atoms with Crippen molar-refractivity contribution in [2.45, 2.75) is 12.8 Å². The lowest BCUT2D eigenvalue weighted by Crippen LogP contribution is -2.08. The van der Waals surface area contributed by atoms with E-state index in [-0.39, 0.29) is 18.5 Å². The number of hydrogen-bond acceptors (Lipinski definition) is 4. The Bertz CT molecular complexity index is 650. The molecule has 0 bridgehead atoms. The van der Waals surface area contributed by atoms with Crippen molar-refractivity contribution >= 4 is 5.69 Å². The predicted molar refractivity (Wildman–Crippen MR) is 82.5 cm³/mol. The molecule has 1 unspecified atom stereocenters. The quantitative estimate of drug-likeness (QED) is 0.939.